The van der Waals surface area contributed by atoms with Gasteiger partial charge in [0.1, 0.15) is 5.82 Å². The zero-order valence-corrected chi connectivity index (χ0v) is 14.7. The number of carbonyl (C=O) groups excluding carboxylic acids is 1. The maximum absolute atomic E-state index is 14.2. The van der Waals surface area contributed by atoms with Crippen LogP contribution >= 0.6 is 0 Å². The number of anilines is 1. The number of halogens is 1. The summed E-state index contributed by atoms with van der Waals surface area (Å²) in [5.74, 6) is -0.787. The average Bonchev–Trinajstić information content (AvgIpc) is 2.67. The molecule has 0 bridgehead atoms. The van der Waals surface area contributed by atoms with Crippen LogP contribution in [0.3, 0.4) is 0 Å². The molecule has 132 valence electrons. The number of rotatable bonds is 5. The van der Waals surface area contributed by atoms with Gasteiger partial charge in [0, 0.05) is 25.9 Å². The first-order chi connectivity index (χ1) is 12.6. The van der Waals surface area contributed by atoms with Crippen molar-refractivity contribution in [3.05, 3.63) is 95.6 Å². The van der Waals surface area contributed by atoms with E-state index in [9.17, 15) is 9.18 Å². The summed E-state index contributed by atoms with van der Waals surface area (Å²) in [6.07, 6.45) is 1.68. The summed E-state index contributed by atoms with van der Waals surface area (Å²) in [5, 5.41) is 2.96. The second kappa shape index (κ2) is 7.78. The minimum Gasteiger partial charge on any atom is -0.375 e. The van der Waals surface area contributed by atoms with Gasteiger partial charge in [-0.2, -0.15) is 0 Å². The van der Waals surface area contributed by atoms with Gasteiger partial charge in [-0.05, 0) is 35.9 Å². The molecule has 1 N–H and O–H groups in total. The fourth-order valence-corrected chi connectivity index (χ4v) is 2.75. The molecule has 1 unspecified atom stereocenters. The Morgan fingerprint density at radius 3 is 2.38 bits per heavy atom. The molecule has 1 aromatic heterocycles. The molecule has 0 saturated heterocycles. The maximum atomic E-state index is 14.2. The number of aromatic nitrogens is 1. The second-order valence-corrected chi connectivity index (χ2v) is 6.13. The van der Waals surface area contributed by atoms with Gasteiger partial charge in [-0.15, -0.1) is 0 Å². The number of nitrogens with zero attached hydrogens (tertiary/aromatic N) is 2. The molecule has 0 spiro atoms. The molecule has 5 heteroatoms. The molecule has 1 amide bonds. The van der Waals surface area contributed by atoms with Crippen molar-refractivity contribution < 1.29 is 9.18 Å². The highest BCUT2D eigenvalue weighted by Crippen LogP contribution is 2.22. The van der Waals surface area contributed by atoms with Gasteiger partial charge in [0.25, 0.3) is 5.91 Å². The number of hydrogen-bond acceptors (Lipinski definition) is 3. The predicted molar refractivity (Wildman–Crippen MR) is 101 cm³/mol. The standard InChI is InChI=1S/C21H20FN3O/c1-25(2)19-12-11-16(14-17(19)22)21(26)24-20(15-8-4-3-5-9-15)18-10-6-7-13-23-18/h3-14,20H,1-2H3,(H,24,26). The van der Waals surface area contributed by atoms with Crippen LogP contribution in [0.15, 0.2) is 72.9 Å². The fourth-order valence-electron chi connectivity index (χ4n) is 2.75. The van der Waals surface area contributed by atoms with E-state index in [1.54, 1.807) is 37.3 Å². The van der Waals surface area contributed by atoms with Crippen molar-refractivity contribution in [1.29, 1.82) is 0 Å². The van der Waals surface area contributed by atoms with Crippen LogP contribution in [0.4, 0.5) is 10.1 Å². The Morgan fingerprint density at radius 1 is 1.04 bits per heavy atom. The number of hydrogen-bond donors (Lipinski definition) is 1. The second-order valence-electron chi connectivity index (χ2n) is 6.13. The highest BCUT2D eigenvalue weighted by Gasteiger charge is 2.19. The normalized spacial score (nSPS) is 11.7. The minimum absolute atomic E-state index is 0.268. The van der Waals surface area contributed by atoms with Crippen molar-refractivity contribution in [2.45, 2.75) is 6.04 Å². The van der Waals surface area contributed by atoms with E-state index in [2.05, 4.69) is 10.3 Å². The van der Waals surface area contributed by atoms with Gasteiger partial charge in [0.05, 0.1) is 17.4 Å². The number of amides is 1. The first-order valence-electron chi connectivity index (χ1n) is 8.30. The van der Waals surface area contributed by atoms with E-state index in [1.165, 1.54) is 6.07 Å². The number of benzene rings is 2. The minimum atomic E-state index is -0.434. The Balaban J connectivity index is 1.90. The highest BCUT2D eigenvalue weighted by molar-refractivity contribution is 5.95. The van der Waals surface area contributed by atoms with Crippen molar-refractivity contribution in [3.8, 4) is 0 Å². The molecule has 0 aliphatic carbocycles. The lowest BCUT2D eigenvalue weighted by Crippen LogP contribution is -2.30. The summed E-state index contributed by atoms with van der Waals surface area (Å²) < 4.78 is 14.2. The SMILES string of the molecule is CN(C)c1ccc(C(=O)NC(c2ccccc2)c2ccccn2)cc1F. The van der Waals surface area contributed by atoms with E-state index in [1.807, 2.05) is 48.5 Å². The largest absolute Gasteiger partial charge is 0.375 e. The lowest BCUT2D eigenvalue weighted by atomic mass is 10.0. The third-order valence-electron chi connectivity index (χ3n) is 4.08. The topological polar surface area (TPSA) is 45.2 Å². The van der Waals surface area contributed by atoms with E-state index in [0.717, 1.165) is 11.3 Å². The van der Waals surface area contributed by atoms with Crippen molar-refractivity contribution in [1.82, 2.24) is 10.3 Å². The van der Waals surface area contributed by atoms with Gasteiger partial charge in [-0.25, -0.2) is 4.39 Å². The lowest BCUT2D eigenvalue weighted by molar-refractivity contribution is 0.0942. The van der Waals surface area contributed by atoms with Gasteiger partial charge in [-0.3, -0.25) is 9.78 Å². The molecule has 3 rings (SSSR count). The van der Waals surface area contributed by atoms with Crippen LogP contribution in [-0.2, 0) is 0 Å². The molecular weight excluding hydrogens is 329 g/mol. The summed E-state index contributed by atoms with van der Waals surface area (Å²) >= 11 is 0. The summed E-state index contributed by atoms with van der Waals surface area (Å²) in [6.45, 7) is 0. The van der Waals surface area contributed by atoms with Crippen LogP contribution in [0.5, 0.6) is 0 Å². The number of carbonyl (C=O) groups is 1. The molecule has 1 atom stereocenters. The number of nitrogens with one attached hydrogen (secondary N) is 1. The van der Waals surface area contributed by atoms with Gasteiger partial charge in [0.15, 0.2) is 0 Å². The molecule has 4 nitrogen and oxygen atoms in total. The molecule has 0 saturated carbocycles. The summed E-state index contributed by atoms with van der Waals surface area (Å²) in [4.78, 5) is 18.7. The van der Waals surface area contributed by atoms with E-state index in [0.29, 0.717) is 5.69 Å². The molecule has 0 aliphatic rings. The molecular formula is C21H20FN3O. The fraction of sp³-hybridized carbons (Fsp3) is 0.143. The summed E-state index contributed by atoms with van der Waals surface area (Å²) in [7, 11) is 3.51. The Morgan fingerprint density at radius 2 is 1.77 bits per heavy atom. The number of pyridine rings is 1. The van der Waals surface area contributed by atoms with E-state index in [4.69, 9.17) is 0 Å². The quantitative estimate of drug-likeness (QED) is 0.762. The van der Waals surface area contributed by atoms with E-state index < -0.39 is 11.9 Å². The van der Waals surface area contributed by atoms with Crippen LogP contribution in [-0.4, -0.2) is 25.0 Å². The molecule has 0 radical (unpaired) electrons. The lowest BCUT2D eigenvalue weighted by Gasteiger charge is -2.19. The Bertz CT molecular complexity index is 843. The van der Waals surface area contributed by atoms with Crippen LogP contribution in [0.2, 0.25) is 0 Å². The smallest absolute Gasteiger partial charge is 0.252 e. The van der Waals surface area contributed by atoms with Crippen LogP contribution < -0.4 is 10.2 Å². The van der Waals surface area contributed by atoms with E-state index in [-0.39, 0.29) is 11.5 Å². The van der Waals surface area contributed by atoms with Crippen molar-refractivity contribution in [2.24, 2.45) is 0 Å². The van der Waals surface area contributed by atoms with Crippen LogP contribution in [0.25, 0.3) is 0 Å². The average molecular weight is 349 g/mol. The molecule has 0 aliphatic heterocycles. The van der Waals surface area contributed by atoms with Gasteiger partial charge >= 0.3 is 0 Å². The molecule has 0 fully saturated rings. The Kier molecular flexibility index (Phi) is 5.27. The first kappa shape index (κ1) is 17.6. The van der Waals surface area contributed by atoms with Crippen LogP contribution in [0.1, 0.15) is 27.7 Å². The molecule has 3 aromatic rings. The molecule has 1 heterocycles. The van der Waals surface area contributed by atoms with Crippen molar-refractivity contribution >= 4 is 11.6 Å². The van der Waals surface area contributed by atoms with Crippen molar-refractivity contribution in [3.63, 3.8) is 0 Å². The zero-order valence-electron chi connectivity index (χ0n) is 14.7. The Labute approximate surface area is 152 Å². The zero-order chi connectivity index (χ0) is 18.5. The molecule has 26 heavy (non-hydrogen) atoms. The van der Waals surface area contributed by atoms with Gasteiger partial charge in [-0.1, -0.05) is 36.4 Å². The Hall–Kier alpha value is -3.21. The van der Waals surface area contributed by atoms with Crippen LogP contribution in [0, 0.1) is 5.82 Å². The van der Waals surface area contributed by atoms with E-state index >= 15 is 0 Å². The molecule has 2 aromatic carbocycles. The maximum Gasteiger partial charge on any atom is 0.252 e. The summed E-state index contributed by atoms with van der Waals surface area (Å²) in [6, 6.07) is 19.2. The first-order valence-corrected chi connectivity index (χ1v) is 8.30. The third-order valence-corrected chi connectivity index (χ3v) is 4.08. The monoisotopic (exact) mass is 349 g/mol. The predicted octanol–water partition coefficient (Wildman–Crippen LogP) is 3.81. The third kappa shape index (κ3) is 3.88. The summed E-state index contributed by atoms with van der Waals surface area (Å²) in [5.41, 5.74) is 2.33. The van der Waals surface area contributed by atoms with Gasteiger partial charge in [0.2, 0.25) is 0 Å². The van der Waals surface area contributed by atoms with Gasteiger partial charge < -0.3 is 10.2 Å². The van der Waals surface area contributed by atoms with Crippen molar-refractivity contribution in [2.75, 3.05) is 19.0 Å². The highest BCUT2D eigenvalue weighted by atomic mass is 19.1.